The van der Waals surface area contributed by atoms with Crippen LogP contribution in [0.3, 0.4) is 0 Å². The molecule has 1 aromatic rings. The van der Waals surface area contributed by atoms with Crippen LogP contribution in [0.15, 0.2) is 18.2 Å². The van der Waals surface area contributed by atoms with Gasteiger partial charge in [0, 0.05) is 0 Å². The summed E-state index contributed by atoms with van der Waals surface area (Å²) >= 11 is 5.89. The molecular weight excluding hydrogens is 231 g/mol. The summed E-state index contributed by atoms with van der Waals surface area (Å²) in [5.74, 6) is -0.770. The van der Waals surface area contributed by atoms with Gasteiger partial charge in [-0.15, -0.1) is 0 Å². The van der Waals surface area contributed by atoms with Crippen LogP contribution in [-0.4, -0.2) is 19.0 Å². The van der Waals surface area contributed by atoms with Gasteiger partial charge in [-0.1, -0.05) is 17.7 Å². The number of nitrogens with two attached hydrogens (primary N) is 1. The first kappa shape index (κ1) is 12.9. The van der Waals surface area contributed by atoms with Crippen molar-refractivity contribution in [1.82, 2.24) is 0 Å². The van der Waals surface area contributed by atoms with Crippen molar-refractivity contribution < 1.29 is 14.1 Å². The van der Waals surface area contributed by atoms with Gasteiger partial charge in [0.1, 0.15) is 12.4 Å². The fourth-order valence-electron chi connectivity index (χ4n) is 1.38. The zero-order chi connectivity index (χ0) is 12.3. The average Bonchev–Trinajstić information content (AvgIpc) is 2.22. The smallest absolute Gasteiger partial charge is 0.275 e. The molecule has 1 amide bonds. The predicted octanol–water partition coefficient (Wildman–Crippen LogP) is 0.368. The van der Waals surface area contributed by atoms with E-state index in [1.807, 2.05) is 0 Å². The lowest BCUT2D eigenvalue weighted by molar-refractivity contribution is -0.908. The van der Waals surface area contributed by atoms with Crippen LogP contribution in [0, 0.1) is 5.82 Å². The molecule has 3 nitrogen and oxygen atoms in total. The molecule has 0 aliphatic heterocycles. The Morgan fingerprint density at radius 2 is 2.25 bits per heavy atom. The number of amides is 1. The van der Waals surface area contributed by atoms with Crippen molar-refractivity contribution in [2.24, 2.45) is 5.73 Å². The summed E-state index contributed by atoms with van der Waals surface area (Å²) in [5, 5.41) is 0.371. The van der Waals surface area contributed by atoms with Crippen molar-refractivity contribution >= 4 is 17.5 Å². The number of halogens is 2. The summed E-state index contributed by atoms with van der Waals surface area (Å²) in [6.45, 7) is 2.03. The summed E-state index contributed by atoms with van der Waals surface area (Å²) in [5.41, 5.74) is 5.59. The zero-order valence-electron chi connectivity index (χ0n) is 9.26. The minimum absolute atomic E-state index is 0.329. The molecule has 88 valence electrons. The quantitative estimate of drug-likeness (QED) is 0.791. The molecule has 0 aliphatic carbocycles. The Morgan fingerprint density at radius 1 is 1.62 bits per heavy atom. The highest BCUT2D eigenvalue weighted by Crippen LogP contribution is 2.17. The van der Waals surface area contributed by atoms with Crippen molar-refractivity contribution in [3.8, 4) is 0 Å². The SMILES string of the molecule is C[C@@H](C(N)=O)[NH+](C)Cc1c(F)cccc1Cl. The van der Waals surface area contributed by atoms with Gasteiger partial charge in [0.15, 0.2) is 6.04 Å². The van der Waals surface area contributed by atoms with Crippen molar-refractivity contribution in [3.63, 3.8) is 0 Å². The van der Waals surface area contributed by atoms with Gasteiger partial charge < -0.3 is 10.6 Å². The van der Waals surface area contributed by atoms with E-state index in [0.717, 1.165) is 4.90 Å². The van der Waals surface area contributed by atoms with Crippen molar-refractivity contribution in [1.29, 1.82) is 0 Å². The number of benzene rings is 1. The number of rotatable bonds is 4. The maximum atomic E-state index is 13.5. The number of carbonyl (C=O) groups is 1. The first-order valence-electron chi connectivity index (χ1n) is 4.98. The van der Waals surface area contributed by atoms with Gasteiger partial charge in [-0.3, -0.25) is 4.79 Å². The summed E-state index contributed by atoms with van der Waals surface area (Å²) in [6, 6.07) is 4.15. The maximum absolute atomic E-state index is 13.5. The highest BCUT2D eigenvalue weighted by Gasteiger charge is 2.21. The second kappa shape index (κ2) is 5.27. The molecule has 5 heteroatoms. The van der Waals surface area contributed by atoms with E-state index in [9.17, 15) is 9.18 Å². The van der Waals surface area contributed by atoms with E-state index in [0.29, 0.717) is 17.1 Å². The molecular formula is C11H15ClFN2O+. The Balaban J connectivity index is 2.84. The minimum atomic E-state index is -0.412. The van der Waals surface area contributed by atoms with Crippen molar-refractivity contribution in [2.45, 2.75) is 19.5 Å². The maximum Gasteiger partial charge on any atom is 0.275 e. The molecule has 1 rings (SSSR count). The van der Waals surface area contributed by atoms with E-state index in [4.69, 9.17) is 17.3 Å². The highest BCUT2D eigenvalue weighted by atomic mass is 35.5. The molecule has 0 heterocycles. The fraction of sp³-hybridized carbons (Fsp3) is 0.364. The predicted molar refractivity (Wildman–Crippen MR) is 60.7 cm³/mol. The Morgan fingerprint density at radius 3 is 2.75 bits per heavy atom. The van der Waals surface area contributed by atoms with Crippen LogP contribution >= 0.6 is 11.6 Å². The Bertz CT molecular complexity index is 377. The van der Waals surface area contributed by atoms with Crippen LogP contribution in [0.4, 0.5) is 4.39 Å². The average molecular weight is 246 g/mol. The van der Waals surface area contributed by atoms with Crippen LogP contribution in [0.5, 0.6) is 0 Å². The first-order valence-corrected chi connectivity index (χ1v) is 5.35. The van der Waals surface area contributed by atoms with Crippen LogP contribution in [0.25, 0.3) is 0 Å². The van der Waals surface area contributed by atoms with Crippen LogP contribution in [0.1, 0.15) is 12.5 Å². The molecule has 3 N–H and O–H groups in total. The summed E-state index contributed by atoms with van der Waals surface area (Å²) in [6.07, 6.45) is 0. The lowest BCUT2D eigenvalue weighted by Crippen LogP contribution is -3.12. The Hall–Kier alpha value is -1.13. The summed E-state index contributed by atoms with van der Waals surface area (Å²) in [7, 11) is 1.78. The second-order valence-electron chi connectivity index (χ2n) is 3.85. The third-order valence-electron chi connectivity index (χ3n) is 2.68. The molecule has 0 bridgehead atoms. The molecule has 0 aliphatic rings. The molecule has 1 unspecified atom stereocenters. The third kappa shape index (κ3) is 2.93. The van der Waals surface area contributed by atoms with Gasteiger partial charge in [0.2, 0.25) is 0 Å². The number of nitrogens with one attached hydrogen (secondary N) is 1. The van der Waals surface area contributed by atoms with E-state index in [2.05, 4.69) is 0 Å². The van der Waals surface area contributed by atoms with E-state index in [1.54, 1.807) is 26.1 Å². The van der Waals surface area contributed by atoms with Crippen LogP contribution in [0.2, 0.25) is 5.02 Å². The van der Waals surface area contributed by atoms with Gasteiger partial charge >= 0.3 is 0 Å². The normalized spacial score (nSPS) is 14.5. The number of primary amides is 1. The fourth-order valence-corrected chi connectivity index (χ4v) is 1.61. The summed E-state index contributed by atoms with van der Waals surface area (Å²) in [4.78, 5) is 11.8. The van der Waals surface area contributed by atoms with Gasteiger partial charge in [-0.25, -0.2) is 4.39 Å². The van der Waals surface area contributed by atoms with Gasteiger partial charge in [-0.05, 0) is 19.1 Å². The standard InChI is InChI=1S/C11H14ClFN2O/c1-7(11(14)16)15(2)6-8-9(12)4-3-5-10(8)13/h3-5,7H,6H2,1-2H3,(H2,14,16)/p+1/t7-/m0/s1. The van der Waals surface area contributed by atoms with Gasteiger partial charge in [0.25, 0.3) is 5.91 Å². The minimum Gasteiger partial charge on any atom is -0.365 e. The topological polar surface area (TPSA) is 47.5 Å². The zero-order valence-corrected chi connectivity index (χ0v) is 10.0. The molecule has 16 heavy (non-hydrogen) atoms. The second-order valence-corrected chi connectivity index (χ2v) is 4.25. The van der Waals surface area contributed by atoms with Crippen LogP contribution < -0.4 is 10.6 Å². The van der Waals surface area contributed by atoms with E-state index in [-0.39, 0.29) is 11.9 Å². The van der Waals surface area contributed by atoms with E-state index in [1.165, 1.54) is 6.07 Å². The van der Waals surface area contributed by atoms with E-state index >= 15 is 0 Å². The molecule has 0 aromatic heterocycles. The Kier molecular flexibility index (Phi) is 4.26. The molecule has 0 saturated carbocycles. The van der Waals surface area contributed by atoms with Crippen LogP contribution in [-0.2, 0) is 11.3 Å². The summed E-state index contributed by atoms with van der Waals surface area (Å²) < 4.78 is 13.5. The largest absolute Gasteiger partial charge is 0.365 e. The molecule has 0 fully saturated rings. The van der Waals surface area contributed by atoms with Gasteiger partial charge in [-0.2, -0.15) is 0 Å². The molecule has 0 radical (unpaired) electrons. The monoisotopic (exact) mass is 245 g/mol. The highest BCUT2D eigenvalue weighted by molar-refractivity contribution is 6.31. The first-order chi connectivity index (χ1) is 7.43. The Labute approximate surface area is 99.0 Å². The molecule has 0 saturated heterocycles. The lowest BCUT2D eigenvalue weighted by atomic mass is 10.1. The van der Waals surface area contributed by atoms with Crippen molar-refractivity contribution in [3.05, 3.63) is 34.6 Å². The number of quaternary nitrogens is 1. The number of carbonyl (C=O) groups excluding carboxylic acids is 1. The third-order valence-corrected chi connectivity index (χ3v) is 3.04. The lowest BCUT2D eigenvalue weighted by Gasteiger charge is -2.19. The van der Waals surface area contributed by atoms with Gasteiger partial charge in [0.05, 0.1) is 17.6 Å². The van der Waals surface area contributed by atoms with E-state index < -0.39 is 5.91 Å². The molecule has 1 aromatic carbocycles. The molecule has 0 spiro atoms. The number of likely N-dealkylation sites (N-methyl/N-ethyl adjacent to an activating group) is 1. The number of hydrogen-bond acceptors (Lipinski definition) is 1. The number of hydrogen-bond donors (Lipinski definition) is 2. The molecule has 2 atom stereocenters. The van der Waals surface area contributed by atoms with Crippen molar-refractivity contribution in [2.75, 3.05) is 7.05 Å².